The quantitative estimate of drug-likeness (QED) is 0.611. The van der Waals surface area contributed by atoms with Gasteiger partial charge >= 0.3 is 0 Å². The SMILES string of the molecule is COc1ccc(-c2noc(CCCC(=O)Nc3cc(C)cc(C)c3)n2)cc1OC. The Bertz CT molecular complexity index is 977. The summed E-state index contributed by atoms with van der Waals surface area (Å²) in [5.41, 5.74) is 3.83. The second-order valence-corrected chi connectivity index (χ2v) is 6.86. The first-order chi connectivity index (χ1) is 14.0. The number of aromatic nitrogens is 2. The van der Waals surface area contributed by atoms with Gasteiger partial charge in [-0.15, -0.1) is 0 Å². The minimum Gasteiger partial charge on any atom is -0.493 e. The van der Waals surface area contributed by atoms with Crippen LogP contribution in [0.15, 0.2) is 40.9 Å². The molecule has 1 N–H and O–H groups in total. The number of carbonyl (C=O) groups excluding carboxylic acids is 1. The molecular formula is C22H25N3O4. The zero-order valence-electron chi connectivity index (χ0n) is 17.1. The third-order valence-electron chi connectivity index (χ3n) is 4.41. The Kier molecular flexibility index (Phi) is 6.49. The summed E-state index contributed by atoms with van der Waals surface area (Å²) in [6.07, 6.45) is 1.52. The van der Waals surface area contributed by atoms with E-state index >= 15 is 0 Å². The van der Waals surface area contributed by atoms with Crippen LogP contribution in [0.5, 0.6) is 11.5 Å². The number of anilines is 1. The van der Waals surface area contributed by atoms with Gasteiger partial charge in [-0.2, -0.15) is 4.98 Å². The summed E-state index contributed by atoms with van der Waals surface area (Å²) in [6, 6.07) is 11.4. The Morgan fingerprint density at radius 2 is 1.76 bits per heavy atom. The maximum absolute atomic E-state index is 12.2. The van der Waals surface area contributed by atoms with E-state index in [4.69, 9.17) is 14.0 Å². The zero-order valence-corrected chi connectivity index (χ0v) is 17.1. The molecule has 2 aromatic carbocycles. The minimum absolute atomic E-state index is 0.0328. The second-order valence-electron chi connectivity index (χ2n) is 6.86. The number of hydrogen-bond acceptors (Lipinski definition) is 6. The summed E-state index contributed by atoms with van der Waals surface area (Å²) >= 11 is 0. The number of amides is 1. The Morgan fingerprint density at radius 1 is 1.03 bits per heavy atom. The summed E-state index contributed by atoms with van der Waals surface area (Å²) in [6.45, 7) is 4.02. The lowest BCUT2D eigenvalue weighted by molar-refractivity contribution is -0.116. The molecule has 0 fully saturated rings. The molecule has 1 amide bonds. The fourth-order valence-corrected chi connectivity index (χ4v) is 3.12. The molecule has 7 nitrogen and oxygen atoms in total. The number of hydrogen-bond donors (Lipinski definition) is 1. The Balaban J connectivity index is 1.55. The van der Waals surface area contributed by atoms with E-state index in [1.165, 1.54) is 0 Å². The maximum atomic E-state index is 12.2. The topological polar surface area (TPSA) is 86.5 Å². The molecule has 1 heterocycles. The molecule has 0 aliphatic rings. The highest BCUT2D eigenvalue weighted by atomic mass is 16.5. The molecule has 0 atom stereocenters. The highest BCUT2D eigenvalue weighted by Gasteiger charge is 2.13. The van der Waals surface area contributed by atoms with Crippen LogP contribution in [-0.4, -0.2) is 30.3 Å². The molecule has 152 valence electrons. The summed E-state index contributed by atoms with van der Waals surface area (Å²) in [7, 11) is 3.16. The van der Waals surface area contributed by atoms with Crippen molar-refractivity contribution >= 4 is 11.6 Å². The standard InChI is InChI=1S/C22H25N3O4/c1-14-10-15(2)12-17(11-14)23-20(26)6-5-7-21-24-22(25-29-21)16-8-9-18(27-3)19(13-16)28-4/h8-13H,5-7H2,1-4H3,(H,23,26). The van der Waals surface area contributed by atoms with Gasteiger partial charge in [0.2, 0.25) is 17.6 Å². The molecule has 0 spiro atoms. The lowest BCUT2D eigenvalue weighted by Gasteiger charge is -2.07. The van der Waals surface area contributed by atoms with Gasteiger partial charge in [0.25, 0.3) is 0 Å². The average Bonchev–Trinajstić information content (AvgIpc) is 3.15. The van der Waals surface area contributed by atoms with Crippen molar-refractivity contribution in [2.24, 2.45) is 0 Å². The number of ether oxygens (including phenoxy) is 2. The van der Waals surface area contributed by atoms with Crippen LogP contribution < -0.4 is 14.8 Å². The van der Waals surface area contributed by atoms with Crippen LogP contribution in [0, 0.1) is 13.8 Å². The molecule has 0 saturated heterocycles. The Hall–Kier alpha value is -3.35. The third kappa shape index (κ3) is 5.34. The van der Waals surface area contributed by atoms with Crippen LogP contribution in [0.25, 0.3) is 11.4 Å². The molecule has 0 radical (unpaired) electrons. The predicted molar refractivity (Wildman–Crippen MR) is 110 cm³/mol. The first kappa shape index (κ1) is 20.4. The summed E-state index contributed by atoms with van der Waals surface area (Å²) < 4.78 is 15.9. The molecular weight excluding hydrogens is 370 g/mol. The second kappa shape index (κ2) is 9.23. The molecule has 0 bridgehead atoms. The van der Waals surface area contributed by atoms with Gasteiger partial charge in [-0.1, -0.05) is 11.2 Å². The van der Waals surface area contributed by atoms with Gasteiger partial charge in [-0.05, 0) is 61.7 Å². The van der Waals surface area contributed by atoms with Gasteiger partial charge in [0, 0.05) is 24.1 Å². The normalized spacial score (nSPS) is 10.6. The van der Waals surface area contributed by atoms with E-state index in [9.17, 15) is 4.79 Å². The number of rotatable bonds is 8. The van der Waals surface area contributed by atoms with Crippen LogP contribution in [-0.2, 0) is 11.2 Å². The number of aryl methyl sites for hydroxylation is 3. The lowest BCUT2D eigenvalue weighted by Crippen LogP contribution is -2.11. The monoisotopic (exact) mass is 395 g/mol. The average molecular weight is 395 g/mol. The Labute approximate surface area is 170 Å². The number of nitrogens with one attached hydrogen (secondary N) is 1. The molecule has 0 saturated carbocycles. The van der Waals surface area contributed by atoms with Crippen molar-refractivity contribution in [3.05, 3.63) is 53.4 Å². The van der Waals surface area contributed by atoms with E-state index < -0.39 is 0 Å². The fourth-order valence-electron chi connectivity index (χ4n) is 3.12. The number of methoxy groups -OCH3 is 2. The van der Waals surface area contributed by atoms with Crippen molar-refractivity contribution in [2.75, 3.05) is 19.5 Å². The predicted octanol–water partition coefficient (Wildman–Crippen LogP) is 4.33. The molecule has 1 aromatic heterocycles. The van der Waals surface area contributed by atoms with Crippen LogP contribution in [0.4, 0.5) is 5.69 Å². The highest BCUT2D eigenvalue weighted by Crippen LogP contribution is 2.31. The van der Waals surface area contributed by atoms with Gasteiger partial charge in [0.05, 0.1) is 14.2 Å². The third-order valence-corrected chi connectivity index (χ3v) is 4.41. The fraction of sp³-hybridized carbons (Fsp3) is 0.318. The molecule has 0 aliphatic heterocycles. The largest absolute Gasteiger partial charge is 0.493 e. The first-order valence-electron chi connectivity index (χ1n) is 9.41. The maximum Gasteiger partial charge on any atom is 0.226 e. The molecule has 0 aliphatic carbocycles. The molecule has 3 aromatic rings. The number of nitrogens with zero attached hydrogens (tertiary/aromatic N) is 2. The molecule has 3 rings (SSSR count). The van der Waals surface area contributed by atoms with Crippen molar-refractivity contribution in [3.8, 4) is 22.9 Å². The first-order valence-corrected chi connectivity index (χ1v) is 9.41. The van der Waals surface area contributed by atoms with Gasteiger partial charge in [-0.3, -0.25) is 4.79 Å². The zero-order chi connectivity index (χ0) is 20.8. The van der Waals surface area contributed by atoms with Crippen molar-refractivity contribution < 1.29 is 18.8 Å². The molecule has 0 unspecified atom stereocenters. The van der Waals surface area contributed by atoms with E-state index in [0.717, 1.165) is 22.4 Å². The van der Waals surface area contributed by atoms with E-state index in [-0.39, 0.29) is 5.91 Å². The lowest BCUT2D eigenvalue weighted by atomic mass is 10.1. The van der Waals surface area contributed by atoms with Crippen LogP contribution >= 0.6 is 0 Å². The van der Waals surface area contributed by atoms with Crippen LogP contribution in [0.2, 0.25) is 0 Å². The van der Waals surface area contributed by atoms with E-state index in [1.807, 2.05) is 32.0 Å². The van der Waals surface area contributed by atoms with Crippen LogP contribution in [0.3, 0.4) is 0 Å². The summed E-state index contributed by atoms with van der Waals surface area (Å²) in [5, 5.41) is 6.95. The van der Waals surface area contributed by atoms with Gasteiger partial charge < -0.3 is 19.3 Å². The summed E-state index contributed by atoms with van der Waals surface area (Å²) in [4.78, 5) is 16.6. The van der Waals surface area contributed by atoms with Gasteiger partial charge in [0.15, 0.2) is 11.5 Å². The van der Waals surface area contributed by atoms with Gasteiger partial charge in [-0.25, -0.2) is 0 Å². The Morgan fingerprint density at radius 3 is 2.45 bits per heavy atom. The molecule has 29 heavy (non-hydrogen) atoms. The van der Waals surface area contributed by atoms with Crippen molar-refractivity contribution in [3.63, 3.8) is 0 Å². The summed E-state index contributed by atoms with van der Waals surface area (Å²) in [5.74, 6) is 2.17. The van der Waals surface area contributed by atoms with E-state index in [1.54, 1.807) is 26.4 Å². The van der Waals surface area contributed by atoms with E-state index in [0.29, 0.717) is 42.5 Å². The molecule has 7 heteroatoms. The highest BCUT2D eigenvalue weighted by molar-refractivity contribution is 5.90. The van der Waals surface area contributed by atoms with Crippen molar-refractivity contribution in [1.29, 1.82) is 0 Å². The number of benzene rings is 2. The minimum atomic E-state index is -0.0328. The van der Waals surface area contributed by atoms with Crippen LogP contribution in [0.1, 0.15) is 29.9 Å². The van der Waals surface area contributed by atoms with E-state index in [2.05, 4.69) is 21.5 Å². The van der Waals surface area contributed by atoms with Crippen molar-refractivity contribution in [1.82, 2.24) is 10.1 Å². The smallest absolute Gasteiger partial charge is 0.226 e. The van der Waals surface area contributed by atoms with Gasteiger partial charge in [0.1, 0.15) is 0 Å². The van der Waals surface area contributed by atoms with Crippen molar-refractivity contribution in [2.45, 2.75) is 33.1 Å². The number of carbonyl (C=O) groups is 1.